The van der Waals surface area contributed by atoms with Gasteiger partial charge in [-0.25, -0.2) is 4.98 Å². The van der Waals surface area contributed by atoms with Gasteiger partial charge in [-0.15, -0.1) is 0 Å². The zero-order valence-electron chi connectivity index (χ0n) is 4.96. The molecule has 9 heavy (non-hydrogen) atoms. The number of ether oxygens (including phenoxy) is 1. The third kappa shape index (κ3) is 0.686. The first-order valence-corrected chi connectivity index (χ1v) is 3.02. The quantitative estimate of drug-likeness (QED) is 0.518. The van der Waals surface area contributed by atoms with Crippen molar-refractivity contribution in [2.24, 2.45) is 0 Å². The van der Waals surface area contributed by atoms with Crippen molar-refractivity contribution in [2.45, 2.75) is 12.8 Å². The van der Waals surface area contributed by atoms with Crippen LogP contribution in [-0.4, -0.2) is 11.6 Å². The van der Waals surface area contributed by atoms with E-state index in [1.165, 1.54) is 6.39 Å². The van der Waals surface area contributed by atoms with Crippen molar-refractivity contribution in [2.75, 3.05) is 6.61 Å². The van der Waals surface area contributed by atoms with Gasteiger partial charge in [0.05, 0.1) is 6.61 Å². The van der Waals surface area contributed by atoms with Gasteiger partial charge in [0.1, 0.15) is 5.69 Å². The number of aromatic nitrogens is 1. The van der Waals surface area contributed by atoms with Crippen LogP contribution >= 0.6 is 0 Å². The third-order valence-electron chi connectivity index (χ3n) is 1.39. The molecule has 2 heterocycles. The minimum Gasteiger partial charge on any atom is -0.464 e. The molecule has 0 atom stereocenters. The molecule has 1 aromatic heterocycles. The minimum atomic E-state index is 0.612. The summed E-state index contributed by atoms with van der Waals surface area (Å²) in [4.78, 5) is 3.97. The first-order chi connectivity index (χ1) is 4.47. The molecular weight excluding hydrogens is 118 g/mol. The van der Waals surface area contributed by atoms with E-state index >= 15 is 0 Å². The van der Waals surface area contributed by atoms with Crippen molar-refractivity contribution in [1.82, 2.24) is 4.98 Å². The molecule has 48 valence electrons. The summed E-state index contributed by atoms with van der Waals surface area (Å²) < 4.78 is 10.1. The third-order valence-corrected chi connectivity index (χ3v) is 1.39. The van der Waals surface area contributed by atoms with E-state index in [4.69, 9.17) is 9.15 Å². The summed E-state index contributed by atoms with van der Waals surface area (Å²) in [6, 6.07) is 0. The molecule has 1 aliphatic heterocycles. The van der Waals surface area contributed by atoms with E-state index in [1.807, 2.05) is 0 Å². The van der Waals surface area contributed by atoms with Crippen molar-refractivity contribution in [1.29, 1.82) is 0 Å². The van der Waals surface area contributed by atoms with E-state index in [-0.39, 0.29) is 0 Å². The van der Waals surface area contributed by atoms with E-state index in [2.05, 4.69) is 4.98 Å². The molecule has 0 fully saturated rings. The fourth-order valence-electron chi connectivity index (χ4n) is 0.947. The number of nitrogens with zero attached hydrogens (tertiary/aromatic N) is 1. The Morgan fingerprint density at radius 2 is 2.56 bits per heavy atom. The molecule has 2 rings (SSSR count). The molecule has 3 nitrogen and oxygen atoms in total. The molecular formula is C6H7NO2. The summed E-state index contributed by atoms with van der Waals surface area (Å²) >= 11 is 0. The van der Waals surface area contributed by atoms with Gasteiger partial charge in [0, 0.05) is 6.42 Å². The van der Waals surface area contributed by atoms with Crippen LogP contribution in [0, 0.1) is 0 Å². The number of rotatable bonds is 0. The van der Waals surface area contributed by atoms with Crippen LogP contribution in [0.15, 0.2) is 10.8 Å². The zero-order chi connectivity index (χ0) is 6.10. The lowest BCUT2D eigenvalue weighted by molar-refractivity contribution is 0.220. The smallest absolute Gasteiger partial charge is 0.308 e. The summed E-state index contributed by atoms with van der Waals surface area (Å²) in [6.45, 7) is 0.766. The Morgan fingerprint density at radius 1 is 1.56 bits per heavy atom. The van der Waals surface area contributed by atoms with Gasteiger partial charge in [0.15, 0.2) is 6.39 Å². The van der Waals surface area contributed by atoms with Crippen LogP contribution in [0.2, 0.25) is 0 Å². The molecule has 0 saturated carbocycles. The summed E-state index contributed by atoms with van der Waals surface area (Å²) in [5, 5.41) is 0. The average molecular weight is 125 g/mol. The minimum absolute atomic E-state index is 0.612. The summed E-state index contributed by atoms with van der Waals surface area (Å²) in [6.07, 6.45) is 3.47. The maximum Gasteiger partial charge on any atom is 0.308 e. The van der Waals surface area contributed by atoms with Gasteiger partial charge in [-0.1, -0.05) is 0 Å². The summed E-state index contributed by atoms with van der Waals surface area (Å²) in [5.74, 6) is 0.612. The second kappa shape index (κ2) is 1.76. The van der Waals surface area contributed by atoms with Crippen LogP contribution < -0.4 is 4.74 Å². The molecule has 1 aromatic rings. The molecule has 1 aliphatic rings. The standard InChI is InChI=1S/C6H7NO2/c1-2-5-6(8-3-1)9-4-7-5/h4H,1-3H2. The lowest BCUT2D eigenvalue weighted by Crippen LogP contribution is -2.06. The SMILES string of the molecule is c1nc2c(o1)OCCC2. The van der Waals surface area contributed by atoms with Crippen LogP contribution in [-0.2, 0) is 6.42 Å². The molecule has 0 radical (unpaired) electrons. The number of fused-ring (bicyclic) bond motifs is 1. The first kappa shape index (κ1) is 4.85. The second-order valence-corrected chi connectivity index (χ2v) is 2.04. The maximum atomic E-state index is 5.13. The molecule has 0 aliphatic carbocycles. The van der Waals surface area contributed by atoms with Gasteiger partial charge >= 0.3 is 5.95 Å². The largest absolute Gasteiger partial charge is 0.464 e. The fourth-order valence-corrected chi connectivity index (χ4v) is 0.947. The number of hydrogen-bond donors (Lipinski definition) is 0. The number of oxazole rings is 1. The van der Waals surface area contributed by atoms with Gasteiger partial charge in [-0.2, -0.15) is 0 Å². The topological polar surface area (TPSA) is 35.3 Å². The van der Waals surface area contributed by atoms with Crippen LogP contribution in [0.3, 0.4) is 0 Å². The predicted octanol–water partition coefficient (Wildman–Crippen LogP) is 1.000. The number of hydrogen-bond acceptors (Lipinski definition) is 3. The van der Waals surface area contributed by atoms with E-state index in [9.17, 15) is 0 Å². The Hall–Kier alpha value is -0.990. The molecule has 0 spiro atoms. The highest BCUT2D eigenvalue weighted by Gasteiger charge is 2.13. The van der Waals surface area contributed by atoms with Crippen molar-refractivity contribution in [3.05, 3.63) is 12.1 Å². The van der Waals surface area contributed by atoms with E-state index in [0.29, 0.717) is 5.95 Å². The first-order valence-electron chi connectivity index (χ1n) is 3.02. The van der Waals surface area contributed by atoms with Crippen molar-refractivity contribution >= 4 is 0 Å². The fraction of sp³-hybridized carbons (Fsp3) is 0.500. The molecule has 0 amide bonds. The zero-order valence-corrected chi connectivity index (χ0v) is 4.96. The Bertz CT molecular complexity index is 186. The van der Waals surface area contributed by atoms with Gasteiger partial charge in [0.2, 0.25) is 0 Å². The van der Waals surface area contributed by atoms with Gasteiger partial charge in [-0.3, -0.25) is 0 Å². The lowest BCUT2D eigenvalue weighted by Gasteiger charge is -2.08. The average Bonchev–Trinajstić information content (AvgIpc) is 2.33. The highest BCUT2D eigenvalue weighted by Crippen LogP contribution is 2.21. The predicted molar refractivity (Wildman–Crippen MR) is 30.3 cm³/mol. The Kier molecular flexibility index (Phi) is 0.946. The van der Waals surface area contributed by atoms with Gasteiger partial charge in [0.25, 0.3) is 0 Å². The molecule has 0 unspecified atom stereocenters. The maximum absolute atomic E-state index is 5.13. The lowest BCUT2D eigenvalue weighted by atomic mass is 10.2. The Labute approximate surface area is 52.6 Å². The molecule has 3 heteroatoms. The highest BCUT2D eigenvalue weighted by molar-refractivity contribution is 5.15. The second-order valence-electron chi connectivity index (χ2n) is 2.04. The Balaban J connectivity index is 2.39. The molecule has 0 saturated heterocycles. The summed E-state index contributed by atoms with van der Waals surface area (Å²) in [7, 11) is 0. The van der Waals surface area contributed by atoms with Crippen LogP contribution in [0.4, 0.5) is 0 Å². The summed E-state index contributed by atoms with van der Waals surface area (Å²) in [5.41, 5.74) is 0.959. The molecule has 0 aromatic carbocycles. The van der Waals surface area contributed by atoms with Crippen molar-refractivity contribution in [3.8, 4) is 5.95 Å². The normalized spacial score (nSPS) is 16.4. The van der Waals surface area contributed by atoms with Crippen LogP contribution in [0.5, 0.6) is 5.95 Å². The van der Waals surface area contributed by atoms with Crippen LogP contribution in [0.1, 0.15) is 12.1 Å². The highest BCUT2D eigenvalue weighted by atomic mass is 16.6. The van der Waals surface area contributed by atoms with Crippen LogP contribution in [0.25, 0.3) is 0 Å². The van der Waals surface area contributed by atoms with E-state index in [0.717, 1.165) is 25.1 Å². The van der Waals surface area contributed by atoms with Crippen molar-refractivity contribution in [3.63, 3.8) is 0 Å². The van der Waals surface area contributed by atoms with Gasteiger partial charge in [-0.05, 0) is 6.42 Å². The molecule has 0 N–H and O–H groups in total. The van der Waals surface area contributed by atoms with Gasteiger partial charge < -0.3 is 9.15 Å². The monoisotopic (exact) mass is 125 g/mol. The van der Waals surface area contributed by atoms with E-state index < -0.39 is 0 Å². The molecule has 0 bridgehead atoms. The number of aryl methyl sites for hydroxylation is 1. The Morgan fingerprint density at radius 3 is 3.44 bits per heavy atom. The van der Waals surface area contributed by atoms with Crippen molar-refractivity contribution < 1.29 is 9.15 Å². The van der Waals surface area contributed by atoms with E-state index in [1.54, 1.807) is 0 Å².